The summed E-state index contributed by atoms with van der Waals surface area (Å²) in [6, 6.07) is 8.22. The molecule has 1 unspecified atom stereocenters. The molecule has 11 heteroatoms. The van der Waals surface area contributed by atoms with Gasteiger partial charge >= 0.3 is 6.18 Å². The van der Waals surface area contributed by atoms with Gasteiger partial charge in [-0.25, -0.2) is 22.0 Å². The lowest BCUT2D eigenvalue weighted by atomic mass is 9.99. The van der Waals surface area contributed by atoms with E-state index in [-0.39, 0.29) is 28.3 Å². The lowest BCUT2D eigenvalue weighted by Gasteiger charge is -2.26. The summed E-state index contributed by atoms with van der Waals surface area (Å²) < 4.78 is 89.8. The maximum absolute atomic E-state index is 13.4. The number of benzene rings is 2. The number of hydrogen-bond donors (Lipinski definition) is 1. The Hall–Kier alpha value is -1.95. The molecule has 0 radical (unpaired) electrons. The Morgan fingerprint density at radius 2 is 1.50 bits per heavy atom. The van der Waals surface area contributed by atoms with E-state index in [0.717, 1.165) is 34.6 Å². The molecule has 1 saturated heterocycles. The summed E-state index contributed by atoms with van der Waals surface area (Å²) in [4.78, 5) is -0.469. The maximum atomic E-state index is 13.4. The summed E-state index contributed by atoms with van der Waals surface area (Å²) in [5.74, 6) is 0. The van der Waals surface area contributed by atoms with Gasteiger partial charge in [0, 0.05) is 6.54 Å². The SMILES string of the molecule is NS(=O)(=O)c1ccc(S(=O)(=O)N2CCCC2c2ccccc2C(F)(F)F)cc1. The molecule has 2 aromatic rings. The summed E-state index contributed by atoms with van der Waals surface area (Å²) in [6.45, 7) is 0.0656. The van der Waals surface area contributed by atoms with Gasteiger partial charge in [-0.2, -0.15) is 17.5 Å². The number of rotatable bonds is 4. The predicted octanol–water partition coefficient (Wildman–Crippen LogP) is 2.88. The second-order valence-corrected chi connectivity index (χ2v) is 9.83. The van der Waals surface area contributed by atoms with Crippen molar-refractivity contribution in [2.75, 3.05) is 6.54 Å². The van der Waals surface area contributed by atoms with Crippen LogP contribution in [-0.2, 0) is 26.2 Å². The molecule has 0 aliphatic carbocycles. The Morgan fingerprint density at radius 3 is 2.07 bits per heavy atom. The average Bonchev–Trinajstić information content (AvgIpc) is 3.11. The smallest absolute Gasteiger partial charge is 0.225 e. The van der Waals surface area contributed by atoms with Crippen molar-refractivity contribution in [1.29, 1.82) is 0 Å². The highest BCUT2D eigenvalue weighted by Gasteiger charge is 2.41. The van der Waals surface area contributed by atoms with Gasteiger partial charge in [0.2, 0.25) is 20.0 Å². The molecule has 2 N–H and O–H groups in total. The van der Waals surface area contributed by atoms with Gasteiger partial charge in [0.15, 0.2) is 0 Å². The van der Waals surface area contributed by atoms with Crippen LogP contribution in [0.2, 0.25) is 0 Å². The van der Waals surface area contributed by atoms with Crippen LogP contribution in [-0.4, -0.2) is 27.7 Å². The van der Waals surface area contributed by atoms with Gasteiger partial charge in [-0.1, -0.05) is 18.2 Å². The highest BCUT2D eigenvalue weighted by atomic mass is 32.2. The van der Waals surface area contributed by atoms with Crippen molar-refractivity contribution in [1.82, 2.24) is 4.31 Å². The summed E-state index contributed by atoms with van der Waals surface area (Å²) >= 11 is 0. The Bertz CT molecular complexity index is 1080. The number of alkyl halides is 3. The van der Waals surface area contributed by atoms with Gasteiger partial charge in [0.05, 0.1) is 21.4 Å². The minimum Gasteiger partial charge on any atom is -0.225 e. The molecule has 1 fully saturated rings. The van der Waals surface area contributed by atoms with E-state index in [1.807, 2.05) is 0 Å². The molecular weight excluding hydrogens is 417 g/mol. The summed E-state index contributed by atoms with van der Waals surface area (Å²) in [6.07, 6.45) is -3.95. The zero-order chi connectivity index (χ0) is 20.7. The Balaban J connectivity index is 2.01. The molecule has 2 aromatic carbocycles. The van der Waals surface area contributed by atoms with Gasteiger partial charge < -0.3 is 0 Å². The quantitative estimate of drug-likeness (QED) is 0.800. The van der Waals surface area contributed by atoms with E-state index in [0.29, 0.717) is 6.42 Å². The van der Waals surface area contributed by atoms with Crippen LogP contribution in [0.3, 0.4) is 0 Å². The summed E-state index contributed by atoms with van der Waals surface area (Å²) in [5.41, 5.74) is -0.969. The van der Waals surface area contributed by atoms with Gasteiger partial charge in [0.25, 0.3) is 0 Å². The van der Waals surface area contributed by atoms with Crippen LogP contribution in [0.5, 0.6) is 0 Å². The zero-order valence-electron chi connectivity index (χ0n) is 14.4. The molecule has 3 rings (SSSR count). The largest absolute Gasteiger partial charge is 0.416 e. The number of primary sulfonamides is 1. The molecule has 28 heavy (non-hydrogen) atoms. The van der Waals surface area contributed by atoms with Crippen molar-refractivity contribution in [3.8, 4) is 0 Å². The number of nitrogens with zero attached hydrogens (tertiary/aromatic N) is 1. The van der Waals surface area contributed by atoms with Crippen LogP contribution in [0.4, 0.5) is 13.2 Å². The van der Waals surface area contributed by atoms with Crippen LogP contribution in [0, 0.1) is 0 Å². The van der Waals surface area contributed by atoms with E-state index < -0.39 is 37.8 Å². The fourth-order valence-electron chi connectivity index (χ4n) is 3.32. The Kier molecular flexibility index (Phi) is 5.30. The van der Waals surface area contributed by atoms with E-state index in [4.69, 9.17) is 5.14 Å². The average molecular weight is 434 g/mol. The lowest BCUT2D eigenvalue weighted by molar-refractivity contribution is -0.138. The van der Waals surface area contributed by atoms with E-state index in [1.165, 1.54) is 18.2 Å². The molecule has 0 amide bonds. The molecule has 0 spiro atoms. The van der Waals surface area contributed by atoms with Gasteiger partial charge in [-0.3, -0.25) is 0 Å². The van der Waals surface area contributed by atoms with Crippen LogP contribution in [0.15, 0.2) is 58.3 Å². The first kappa shape index (κ1) is 20.8. The fraction of sp³-hybridized carbons (Fsp3) is 0.294. The van der Waals surface area contributed by atoms with Crippen molar-refractivity contribution >= 4 is 20.0 Å². The Morgan fingerprint density at radius 1 is 0.929 bits per heavy atom. The number of nitrogens with two attached hydrogens (primary N) is 1. The summed E-state index contributed by atoms with van der Waals surface area (Å²) in [7, 11) is -8.12. The fourth-order valence-corrected chi connectivity index (χ4v) is 5.51. The van der Waals surface area contributed by atoms with Crippen molar-refractivity contribution in [3.63, 3.8) is 0 Å². The second-order valence-electron chi connectivity index (χ2n) is 6.38. The molecular formula is C17H17F3N2O4S2. The molecule has 152 valence electrons. The minimum atomic E-state index is -4.61. The van der Waals surface area contributed by atoms with Crippen LogP contribution in [0.25, 0.3) is 0 Å². The van der Waals surface area contributed by atoms with Gasteiger partial charge in [0.1, 0.15) is 0 Å². The molecule has 1 atom stereocenters. The molecule has 0 bridgehead atoms. The predicted molar refractivity (Wildman–Crippen MR) is 95.1 cm³/mol. The van der Waals surface area contributed by atoms with Crippen LogP contribution in [0.1, 0.15) is 30.0 Å². The number of sulfonamides is 2. The third-order valence-corrected chi connectivity index (χ3v) is 7.44. The topological polar surface area (TPSA) is 97.5 Å². The van der Waals surface area contributed by atoms with Crippen molar-refractivity contribution < 1.29 is 30.0 Å². The maximum Gasteiger partial charge on any atom is 0.416 e. The van der Waals surface area contributed by atoms with Gasteiger partial charge in [-0.05, 0) is 48.7 Å². The molecule has 1 aliphatic rings. The number of halogens is 3. The first-order chi connectivity index (χ1) is 12.9. The summed E-state index contributed by atoms with van der Waals surface area (Å²) in [5, 5.41) is 5.00. The first-order valence-corrected chi connectivity index (χ1v) is 11.2. The van der Waals surface area contributed by atoms with Gasteiger partial charge in [-0.15, -0.1) is 0 Å². The van der Waals surface area contributed by atoms with Crippen LogP contribution < -0.4 is 5.14 Å². The Labute approximate surface area is 160 Å². The highest BCUT2D eigenvalue weighted by molar-refractivity contribution is 7.89. The highest BCUT2D eigenvalue weighted by Crippen LogP contribution is 2.42. The molecule has 0 aromatic heterocycles. The molecule has 1 heterocycles. The normalized spacial score (nSPS) is 19.1. The standard InChI is InChI=1S/C17H17F3N2O4S2/c18-17(19,20)15-5-2-1-4-14(15)16-6-3-11-22(16)28(25,26)13-9-7-12(8-10-13)27(21,23)24/h1-2,4-5,7-10,16H,3,6,11H2,(H2,21,23,24). The van der Waals surface area contributed by atoms with E-state index in [2.05, 4.69) is 0 Å². The second kappa shape index (κ2) is 7.14. The van der Waals surface area contributed by atoms with Crippen molar-refractivity contribution in [3.05, 3.63) is 59.7 Å². The molecule has 0 saturated carbocycles. The molecule has 6 nitrogen and oxygen atoms in total. The lowest BCUT2D eigenvalue weighted by Crippen LogP contribution is -2.31. The molecule has 1 aliphatic heterocycles. The zero-order valence-corrected chi connectivity index (χ0v) is 16.1. The van der Waals surface area contributed by atoms with Crippen molar-refractivity contribution in [2.45, 2.75) is 34.9 Å². The van der Waals surface area contributed by atoms with E-state index in [9.17, 15) is 30.0 Å². The minimum absolute atomic E-state index is 0.0656. The third kappa shape index (κ3) is 3.93. The van der Waals surface area contributed by atoms with E-state index >= 15 is 0 Å². The first-order valence-electron chi connectivity index (χ1n) is 8.23. The van der Waals surface area contributed by atoms with Crippen LogP contribution >= 0.6 is 0 Å². The third-order valence-electron chi connectivity index (χ3n) is 4.59. The number of hydrogen-bond acceptors (Lipinski definition) is 4. The monoisotopic (exact) mass is 434 g/mol. The van der Waals surface area contributed by atoms with Crippen molar-refractivity contribution in [2.24, 2.45) is 5.14 Å². The van der Waals surface area contributed by atoms with E-state index in [1.54, 1.807) is 0 Å².